The van der Waals surface area contributed by atoms with Gasteiger partial charge in [0.2, 0.25) is 11.2 Å². The van der Waals surface area contributed by atoms with Crippen molar-refractivity contribution >= 4 is 34.2 Å². The summed E-state index contributed by atoms with van der Waals surface area (Å²) in [6, 6.07) is 18.7. The van der Waals surface area contributed by atoms with Crippen LogP contribution in [-0.2, 0) is 4.79 Å². The van der Waals surface area contributed by atoms with Crippen molar-refractivity contribution in [2.75, 3.05) is 26.1 Å². The molecule has 8 heteroatoms. The van der Waals surface area contributed by atoms with Crippen LogP contribution in [0.5, 0.6) is 17.2 Å². The van der Waals surface area contributed by atoms with Crippen molar-refractivity contribution in [2.24, 2.45) is 0 Å². The van der Waals surface area contributed by atoms with Crippen LogP contribution in [0, 0.1) is 0 Å². The van der Waals surface area contributed by atoms with Crippen molar-refractivity contribution in [2.45, 2.75) is 0 Å². The summed E-state index contributed by atoms with van der Waals surface area (Å²) in [5, 5.41) is 3.39. The highest BCUT2D eigenvalue weighted by molar-refractivity contribution is 6.32. The smallest absolute Gasteiger partial charge is 0.262 e. The number of fused-ring (bicyclic) bond motifs is 1. The molecule has 0 bridgehead atoms. The molecule has 0 aliphatic rings. The molecule has 0 saturated carbocycles. The van der Waals surface area contributed by atoms with Gasteiger partial charge in [0, 0.05) is 11.3 Å². The molecule has 0 radical (unpaired) electrons. The van der Waals surface area contributed by atoms with E-state index in [0.717, 1.165) is 0 Å². The van der Waals surface area contributed by atoms with E-state index in [0.29, 0.717) is 38.7 Å². The molecule has 0 atom stereocenters. The number of anilines is 1. The fourth-order valence-corrected chi connectivity index (χ4v) is 3.53. The number of hydrogen-bond donors (Lipinski definition) is 1. The predicted molar refractivity (Wildman–Crippen MR) is 127 cm³/mol. The van der Waals surface area contributed by atoms with Gasteiger partial charge in [-0.1, -0.05) is 23.7 Å². The first-order valence-corrected chi connectivity index (χ1v) is 10.3. The highest BCUT2D eigenvalue weighted by Gasteiger charge is 2.19. The quantitative estimate of drug-likeness (QED) is 0.406. The molecule has 0 aliphatic carbocycles. The summed E-state index contributed by atoms with van der Waals surface area (Å²) in [6.07, 6.45) is 0. The molecular formula is C25H20ClNO6. The van der Waals surface area contributed by atoms with Crippen LogP contribution in [0.2, 0.25) is 5.02 Å². The molecule has 33 heavy (non-hydrogen) atoms. The lowest BCUT2D eigenvalue weighted by atomic mass is 10.1. The van der Waals surface area contributed by atoms with Gasteiger partial charge in [0.15, 0.2) is 12.4 Å². The maximum atomic E-state index is 13.2. The second kappa shape index (κ2) is 9.67. The minimum absolute atomic E-state index is 0.0539. The van der Waals surface area contributed by atoms with Crippen molar-refractivity contribution in [3.63, 3.8) is 0 Å². The first-order valence-electron chi connectivity index (χ1n) is 9.96. The maximum absolute atomic E-state index is 13.2. The summed E-state index contributed by atoms with van der Waals surface area (Å²) in [5.74, 6) is 0.846. The minimum Gasteiger partial charge on any atom is -0.497 e. The van der Waals surface area contributed by atoms with Crippen molar-refractivity contribution < 1.29 is 23.4 Å². The summed E-state index contributed by atoms with van der Waals surface area (Å²) < 4.78 is 22.0. The Morgan fingerprint density at radius 2 is 1.76 bits per heavy atom. The Kier molecular flexibility index (Phi) is 6.51. The van der Waals surface area contributed by atoms with Gasteiger partial charge in [0.25, 0.3) is 5.91 Å². The number of amides is 1. The topological polar surface area (TPSA) is 87.0 Å². The Morgan fingerprint density at radius 1 is 1.00 bits per heavy atom. The van der Waals surface area contributed by atoms with Crippen molar-refractivity contribution in [3.8, 4) is 28.6 Å². The molecule has 3 aromatic carbocycles. The van der Waals surface area contributed by atoms with Gasteiger partial charge in [-0.3, -0.25) is 9.59 Å². The van der Waals surface area contributed by atoms with Crippen LogP contribution in [0.3, 0.4) is 0 Å². The summed E-state index contributed by atoms with van der Waals surface area (Å²) in [7, 11) is 3.07. The monoisotopic (exact) mass is 465 g/mol. The van der Waals surface area contributed by atoms with E-state index in [-0.39, 0.29) is 16.9 Å². The molecule has 0 aliphatic heterocycles. The van der Waals surface area contributed by atoms with Gasteiger partial charge in [-0.15, -0.1) is 0 Å². The number of rotatable bonds is 7. The first kappa shape index (κ1) is 22.2. The molecule has 0 saturated heterocycles. The number of nitrogens with one attached hydrogen (secondary N) is 1. The van der Waals surface area contributed by atoms with Gasteiger partial charge in [0.1, 0.15) is 17.1 Å². The Labute approximate surface area is 194 Å². The second-order valence-corrected chi connectivity index (χ2v) is 7.41. The Morgan fingerprint density at radius 3 is 2.45 bits per heavy atom. The standard InChI is InChI=1S/C25H20ClNO6/c1-30-17-10-7-15(8-11-17)24-25(23(29)18-5-3-4-6-20(18)33-24)32-14-22(28)27-16-9-12-21(31-2)19(26)13-16/h3-13H,14H2,1-2H3,(H,27,28). The first-order chi connectivity index (χ1) is 16.0. The molecule has 0 spiro atoms. The second-order valence-electron chi connectivity index (χ2n) is 7.00. The fourth-order valence-electron chi connectivity index (χ4n) is 3.27. The largest absolute Gasteiger partial charge is 0.497 e. The highest BCUT2D eigenvalue weighted by Crippen LogP contribution is 2.32. The SMILES string of the molecule is COc1ccc(-c2oc3ccccc3c(=O)c2OCC(=O)Nc2ccc(OC)c(Cl)c2)cc1. The maximum Gasteiger partial charge on any atom is 0.262 e. The number of hydrogen-bond acceptors (Lipinski definition) is 6. The van der Waals surface area contributed by atoms with Crippen molar-refractivity contribution in [3.05, 3.63) is 82.0 Å². The minimum atomic E-state index is -0.468. The predicted octanol–water partition coefficient (Wildman–Crippen LogP) is 5.15. The molecule has 1 N–H and O–H groups in total. The van der Waals surface area contributed by atoms with E-state index in [1.54, 1.807) is 73.8 Å². The molecule has 1 aromatic heterocycles. The number of para-hydroxylation sites is 1. The molecule has 1 amide bonds. The van der Waals surface area contributed by atoms with E-state index in [1.807, 2.05) is 0 Å². The summed E-state index contributed by atoms with van der Waals surface area (Å²) >= 11 is 6.10. The number of benzene rings is 3. The molecular weight excluding hydrogens is 446 g/mol. The Hall–Kier alpha value is -3.97. The molecule has 1 heterocycles. The van der Waals surface area contributed by atoms with Gasteiger partial charge < -0.3 is 23.9 Å². The summed E-state index contributed by atoms with van der Waals surface area (Å²) in [5.41, 5.74) is 1.12. The third kappa shape index (κ3) is 4.78. The molecule has 0 fully saturated rings. The molecule has 4 aromatic rings. The summed E-state index contributed by atoms with van der Waals surface area (Å²) in [4.78, 5) is 25.7. The van der Waals surface area contributed by atoms with Gasteiger partial charge >= 0.3 is 0 Å². The van der Waals surface area contributed by atoms with E-state index >= 15 is 0 Å². The average Bonchev–Trinajstić information content (AvgIpc) is 2.83. The third-order valence-corrected chi connectivity index (χ3v) is 5.19. The number of ether oxygens (including phenoxy) is 3. The van der Waals surface area contributed by atoms with Crippen LogP contribution in [0.1, 0.15) is 0 Å². The van der Waals surface area contributed by atoms with E-state index in [2.05, 4.69) is 5.32 Å². The Balaban J connectivity index is 1.63. The van der Waals surface area contributed by atoms with Crippen LogP contribution in [0.25, 0.3) is 22.3 Å². The zero-order chi connectivity index (χ0) is 23.4. The van der Waals surface area contributed by atoms with Crippen LogP contribution < -0.4 is 25.0 Å². The van der Waals surface area contributed by atoms with Gasteiger partial charge in [0.05, 0.1) is 24.6 Å². The highest BCUT2D eigenvalue weighted by atomic mass is 35.5. The van der Waals surface area contributed by atoms with Gasteiger partial charge in [-0.05, 0) is 54.6 Å². The molecule has 4 rings (SSSR count). The normalized spacial score (nSPS) is 10.6. The zero-order valence-electron chi connectivity index (χ0n) is 17.9. The van der Waals surface area contributed by atoms with E-state index in [1.165, 1.54) is 7.11 Å². The van der Waals surface area contributed by atoms with Crippen LogP contribution in [0.4, 0.5) is 5.69 Å². The summed E-state index contributed by atoms with van der Waals surface area (Å²) in [6.45, 7) is -0.407. The van der Waals surface area contributed by atoms with Gasteiger partial charge in [-0.25, -0.2) is 0 Å². The Bertz CT molecular complexity index is 1360. The van der Waals surface area contributed by atoms with Crippen molar-refractivity contribution in [1.29, 1.82) is 0 Å². The average molecular weight is 466 g/mol. The van der Waals surface area contributed by atoms with Crippen LogP contribution in [0.15, 0.2) is 75.9 Å². The van der Waals surface area contributed by atoms with Crippen LogP contribution >= 0.6 is 11.6 Å². The molecule has 7 nitrogen and oxygen atoms in total. The number of carbonyl (C=O) groups excluding carboxylic acids is 1. The third-order valence-electron chi connectivity index (χ3n) is 4.89. The number of methoxy groups -OCH3 is 2. The zero-order valence-corrected chi connectivity index (χ0v) is 18.6. The van der Waals surface area contributed by atoms with E-state index in [9.17, 15) is 9.59 Å². The van der Waals surface area contributed by atoms with Crippen LogP contribution in [-0.4, -0.2) is 26.7 Å². The lowest BCUT2D eigenvalue weighted by Crippen LogP contribution is -2.22. The van der Waals surface area contributed by atoms with E-state index in [4.69, 9.17) is 30.2 Å². The number of carbonyl (C=O) groups is 1. The molecule has 168 valence electrons. The number of halogens is 1. The lowest BCUT2D eigenvalue weighted by molar-refractivity contribution is -0.118. The lowest BCUT2D eigenvalue weighted by Gasteiger charge is -2.12. The fraction of sp³-hybridized carbons (Fsp3) is 0.120. The van der Waals surface area contributed by atoms with E-state index < -0.39 is 12.5 Å². The van der Waals surface area contributed by atoms with Gasteiger partial charge in [-0.2, -0.15) is 0 Å². The van der Waals surface area contributed by atoms with Crippen molar-refractivity contribution in [1.82, 2.24) is 0 Å². The molecule has 0 unspecified atom stereocenters.